The van der Waals surface area contributed by atoms with Crippen molar-refractivity contribution in [1.29, 1.82) is 0 Å². The van der Waals surface area contributed by atoms with Crippen molar-refractivity contribution in [3.05, 3.63) is 67.9 Å². The molecular weight excluding hydrogens is 307 g/mol. The van der Waals surface area contributed by atoms with Gasteiger partial charge >= 0.3 is 0 Å². The molecule has 23 heavy (non-hydrogen) atoms. The standard InChI is InChI=1S/C15H15FN2O5/c1-9-5-15(20)17(7-12(9)18(21)22)8-13(19)10-3-4-14(23-2)11(16)6-10/h3-7,13,19H,8H2,1-2H3. The molecule has 0 spiro atoms. The van der Waals surface area contributed by atoms with Gasteiger partial charge in [0.2, 0.25) is 0 Å². The lowest BCUT2D eigenvalue weighted by atomic mass is 10.1. The molecule has 0 fully saturated rings. The lowest BCUT2D eigenvalue weighted by Crippen LogP contribution is -2.23. The number of halogens is 1. The third-order valence-electron chi connectivity index (χ3n) is 3.43. The summed E-state index contributed by atoms with van der Waals surface area (Å²) in [5, 5.41) is 21.1. The first-order chi connectivity index (χ1) is 10.8. The molecule has 2 rings (SSSR count). The molecule has 1 heterocycles. The smallest absolute Gasteiger partial charge is 0.288 e. The molecule has 0 saturated carbocycles. The van der Waals surface area contributed by atoms with Crippen LogP contribution in [0, 0.1) is 22.9 Å². The summed E-state index contributed by atoms with van der Waals surface area (Å²) in [4.78, 5) is 22.2. The Morgan fingerprint density at radius 3 is 2.70 bits per heavy atom. The molecule has 1 aromatic carbocycles. The minimum atomic E-state index is -1.20. The maximum Gasteiger partial charge on any atom is 0.288 e. The van der Waals surface area contributed by atoms with Crippen molar-refractivity contribution in [2.24, 2.45) is 0 Å². The maximum absolute atomic E-state index is 13.7. The minimum absolute atomic E-state index is 0.0316. The summed E-state index contributed by atoms with van der Waals surface area (Å²) in [7, 11) is 1.32. The Labute approximate surface area is 130 Å². The van der Waals surface area contributed by atoms with Crippen molar-refractivity contribution in [1.82, 2.24) is 4.57 Å². The van der Waals surface area contributed by atoms with E-state index in [2.05, 4.69) is 0 Å². The number of methoxy groups -OCH3 is 1. The van der Waals surface area contributed by atoms with Crippen LogP contribution < -0.4 is 10.3 Å². The van der Waals surface area contributed by atoms with Gasteiger partial charge in [-0.2, -0.15) is 0 Å². The van der Waals surface area contributed by atoms with Crippen LogP contribution in [0.3, 0.4) is 0 Å². The third-order valence-corrected chi connectivity index (χ3v) is 3.43. The van der Waals surface area contributed by atoms with Gasteiger partial charge in [0, 0.05) is 11.6 Å². The van der Waals surface area contributed by atoms with E-state index >= 15 is 0 Å². The first-order valence-electron chi connectivity index (χ1n) is 6.70. The second kappa shape index (κ2) is 6.57. The number of hydrogen-bond donors (Lipinski definition) is 1. The van der Waals surface area contributed by atoms with Gasteiger partial charge in [0.05, 0.1) is 30.9 Å². The lowest BCUT2D eigenvalue weighted by molar-refractivity contribution is -0.386. The fourth-order valence-electron chi connectivity index (χ4n) is 2.17. The van der Waals surface area contributed by atoms with Crippen LogP contribution in [0.5, 0.6) is 5.75 Å². The number of aliphatic hydroxyl groups excluding tert-OH is 1. The molecule has 0 aliphatic rings. The summed E-state index contributed by atoms with van der Waals surface area (Å²) in [6.07, 6.45) is -0.128. The van der Waals surface area contributed by atoms with Gasteiger partial charge in [-0.15, -0.1) is 0 Å². The monoisotopic (exact) mass is 322 g/mol. The minimum Gasteiger partial charge on any atom is -0.494 e. The van der Waals surface area contributed by atoms with Crippen LogP contribution in [0.15, 0.2) is 35.3 Å². The van der Waals surface area contributed by atoms with Crippen molar-refractivity contribution < 1.29 is 19.2 Å². The highest BCUT2D eigenvalue weighted by atomic mass is 19.1. The van der Waals surface area contributed by atoms with Crippen molar-refractivity contribution in [3.8, 4) is 5.75 Å². The zero-order valence-corrected chi connectivity index (χ0v) is 12.5. The molecule has 122 valence electrons. The number of aryl methyl sites for hydroxylation is 1. The third kappa shape index (κ3) is 3.54. The number of benzene rings is 1. The van der Waals surface area contributed by atoms with E-state index in [9.17, 15) is 24.4 Å². The molecule has 0 aliphatic carbocycles. The van der Waals surface area contributed by atoms with Gasteiger partial charge in [0.15, 0.2) is 11.6 Å². The Hall–Kier alpha value is -2.74. The van der Waals surface area contributed by atoms with Crippen molar-refractivity contribution in [2.45, 2.75) is 19.6 Å². The van der Waals surface area contributed by atoms with E-state index < -0.39 is 22.4 Å². The van der Waals surface area contributed by atoms with Gasteiger partial charge < -0.3 is 14.4 Å². The van der Waals surface area contributed by atoms with Crippen molar-refractivity contribution >= 4 is 5.69 Å². The Kier molecular flexibility index (Phi) is 4.75. The molecule has 0 saturated heterocycles. The van der Waals surface area contributed by atoms with E-state index in [-0.39, 0.29) is 29.1 Å². The van der Waals surface area contributed by atoms with Crippen LogP contribution in [0.2, 0.25) is 0 Å². The number of rotatable bonds is 5. The maximum atomic E-state index is 13.7. The highest BCUT2D eigenvalue weighted by Crippen LogP contribution is 2.23. The fraction of sp³-hybridized carbons (Fsp3) is 0.267. The highest BCUT2D eigenvalue weighted by molar-refractivity contribution is 5.36. The van der Waals surface area contributed by atoms with Crippen LogP contribution >= 0.6 is 0 Å². The van der Waals surface area contributed by atoms with Crippen LogP contribution in [0.1, 0.15) is 17.2 Å². The summed E-state index contributed by atoms with van der Waals surface area (Å²) in [6, 6.07) is 5.03. The molecule has 1 unspecified atom stereocenters. The van der Waals surface area contributed by atoms with E-state index in [1.807, 2.05) is 0 Å². The fourth-order valence-corrected chi connectivity index (χ4v) is 2.17. The molecule has 8 heteroatoms. The van der Waals surface area contributed by atoms with Crippen LogP contribution in [-0.2, 0) is 6.54 Å². The number of aromatic nitrogens is 1. The zero-order valence-electron chi connectivity index (χ0n) is 12.5. The molecule has 1 aromatic heterocycles. The van der Waals surface area contributed by atoms with Crippen molar-refractivity contribution in [3.63, 3.8) is 0 Å². The Morgan fingerprint density at radius 1 is 1.43 bits per heavy atom. The largest absolute Gasteiger partial charge is 0.494 e. The number of aliphatic hydroxyl groups is 1. The predicted molar refractivity (Wildman–Crippen MR) is 80.0 cm³/mol. The second-order valence-electron chi connectivity index (χ2n) is 5.00. The molecular formula is C15H15FN2O5. The summed E-state index contributed by atoms with van der Waals surface area (Å²) >= 11 is 0. The van der Waals surface area contributed by atoms with Gasteiger partial charge in [-0.25, -0.2) is 4.39 Å². The SMILES string of the molecule is COc1ccc(C(O)Cn2cc([N+](=O)[O-])c(C)cc2=O)cc1F. The van der Waals surface area contributed by atoms with E-state index in [0.717, 1.165) is 22.9 Å². The summed E-state index contributed by atoms with van der Waals surface area (Å²) in [5.74, 6) is -0.615. The Morgan fingerprint density at radius 2 is 2.13 bits per heavy atom. The molecule has 0 bridgehead atoms. The van der Waals surface area contributed by atoms with Crippen LogP contribution in [0.25, 0.3) is 0 Å². The average Bonchev–Trinajstić information content (AvgIpc) is 2.49. The summed E-state index contributed by atoms with van der Waals surface area (Å²) in [6.45, 7) is 1.23. The normalized spacial score (nSPS) is 12.0. The molecule has 0 radical (unpaired) electrons. The second-order valence-corrected chi connectivity index (χ2v) is 5.00. The highest BCUT2D eigenvalue weighted by Gasteiger charge is 2.17. The first-order valence-corrected chi connectivity index (χ1v) is 6.70. The average molecular weight is 322 g/mol. The van der Waals surface area contributed by atoms with Gasteiger partial charge in [-0.3, -0.25) is 14.9 Å². The quantitative estimate of drug-likeness (QED) is 0.670. The Balaban J connectivity index is 2.31. The van der Waals surface area contributed by atoms with E-state index in [4.69, 9.17) is 4.74 Å². The number of nitrogens with zero attached hydrogens (tertiary/aromatic N) is 2. The van der Waals surface area contributed by atoms with Crippen LogP contribution in [-0.4, -0.2) is 21.7 Å². The first kappa shape index (κ1) is 16.6. The summed E-state index contributed by atoms with van der Waals surface area (Å²) in [5.41, 5.74) is -0.237. The van der Waals surface area contributed by atoms with Gasteiger partial charge in [-0.1, -0.05) is 6.07 Å². The molecule has 0 aliphatic heterocycles. The van der Waals surface area contributed by atoms with Gasteiger partial charge in [-0.05, 0) is 24.6 Å². The summed E-state index contributed by atoms with van der Waals surface area (Å²) < 4.78 is 19.5. The predicted octanol–water partition coefficient (Wildman–Crippen LogP) is 1.95. The van der Waals surface area contributed by atoms with Crippen molar-refractivity contribution in [2.75, 3.05) is 7.11 Å². The molecule has 0 amide bonds. The molecule has 2 aromatic rings. The number of ether oxygens (including phenoxy) is 1. The number of hydrogen-bond acceptors (Lipinski definition) is 5. The zero-order chi connectivity index (χ0) is 17.1. The topological polar surface area (TPSA) is 94.6 Å². The lowest BCUT2D eigenvalue weighted by Gasteiger charge is -2.14. The molecule has 7 nitrogen and oxygen atoms in total. The number of nitro groups is 1. The van der Waals surface area contributed by atoms with Gasteiger partial charge in [0.25, 0.3) is 11.2 Å². The molecule has 1 N–H and O–H groups in total. The molecule has 1 atom stereocenters. The number of pyridine rings is 1. The van der Waals surface area contributed by atoms with Crippen LogP contribution in [0.4, 0.5) is 10.1 Å². The van der Waals surface area contributed by atoms with E-state index in [1.54, 1.807) is 0 Å². The van der Waals surface area contributed by atoms with Gasteiger partial charge in [0.1, 0.15) is 0 Å². The van der Waals surface area contributed by atoms with E-state index in [0.29, 0.717) is 0 Å². The van der Waals surface area contributed by atoms with E-state index in [1.165, 1.54) is 26.2 Å². The Bertz CT molecular complexity index is 803.